The van der Waals surface area contributed by atoms with Crippen LogP contribution in [0.5, 0.6) is 0 Å². The van der Waals surface area contributed by atoms with Gasteiger partial charge in [0.15, 0.2) is 0 Å². The maximum atomic E-state index is 12.3. The van der Waals surface area contributed by atoms with Crippen molar-refractivity contribution in [3.05, 3.63) is 23.2 Å². The van der Waals surface area contributed by atoms with Gasteiger partial charge in [-0.1, -0.05) is 11.6 Å². The van der Waals surface area contributed by atoms with E-state index in [1.54, 1.807) is 13.0 Å². The van der Waals surface area contributed by atoms with Gasteiger partial charge in [0.25, 0.3) is 0 Å². The van der Waals surface area contributed by atoms with Crippen LogP contribution in [-0.4, -0.2) is 27.2 Å². The van der Waals surface area contributed by atoms with E-state index in [2.05, 4.69) is 4.72 Å². The first-order valence-electron chi connectivity index (χ1n) is 5.49. The summed E-state index contributed by atoms with van der Waals surface area (Å²) < 4.78 is 32.4. The van der Waals surface area contributed by atoms with E-state index in [0.29, 0.717) is 25.3 Å². The molecular weight excluding hydrogens is 276 g/mol. The van der Waals surface area contributed by atoms with Crippen molar-refractivity contribution in [2.45, 2.75) is 23.8 Å². The Bertz CT molecular complexity index is 553. The highest BCUT2D eigenvalue weighted by molar-refractivity contribution is 7.89. The summed E-state index contributed by atoms with van der Waals surface area (Å²) in [7, 11) is -3.70. The van der Waals surface area contributed by atoms with E-state index in [-0.39, 0.29) is 9.92 Å². The third-order valence-electron chi connectivity index (χ3n) is 2.84. The lowest BCUT2D eigenvalue weighted by atomic mass is 10.0. The van der Waals surface area contributed by atoms with Gasteiger partial charge in [-0.15, -0.1) is 0 Å². The minimum Gasteiger partial charge on any atom is -0.399 e. The molecule has 1 aliphatic heterocycles. The Labute approximate surface area is 111 Å². The van der Waals surface area contributed by atoms with Gasteiger partial charge in [0.2, 0.25) is 10.0 Å². The van der Waals surface area contributed by atoms with Crippen LogP contribution < -0.4 is 10.5 Å². The molecule has 1 unspecified atom stereocenters. The lowest BCUT2D eigenvalue weighted by Crippen LogP contribution is -2.46. The zero-order chi connectivity index (χ0) is 13.4. The van der Waals surface area contributed by atoms with Crippen molar-refractivity contribution < 1.29 is 13.2 Å². The lowest BCUT2D eigenvalue weighted by Gasteiger charge is -2.23. The second kappa shape index (κ2) is 4.70. The molecule has 0 bridgehead atoms. The van der Waals surface area contributed by atoms with Crippen molar-refractivity contribution in [1.29, 1.82) is 0 Å². The highest BCUT2D eigenvalue weighted by Gasteiger charge is 2.35. The largest absolute Gasteiger partial charge is 0.399 e. The van der Waals surface area contributed by atoms with Crippen LogP contribution in [0.25, 0.3) is 0 Å². The first-order valence-corrected chi connectivity index (χ1v) is 7.35. The highest BCUT2D eigenvalue weighted by Crippen LogP contribution is 2.27. The van der Waals surface area contributed by atoms with Crippen LogP contribution in [0.3, 0.4) is 0 Å². The van der Waals surface area contributed by atoms with Gasteiger partial charge in [-0.25, -0.2) is 13.1 Å². The van der Waals surface area contributed by atoms with Crippen LogP contribution in [0.1, 0.15) is 13.3 Å². The summed E-state index contributed by atoms with van der Waals surface area (Å²) in [6.07, 6.45) is 0.631. The quantitative estimate of drug-likeness (QED) is 0.824. The van der Waals surface area contributed by atoms with E-state index < -0.39 is 15.6 Å². The van der Waals surface area contributed by atoms with Gasteiger partial charge in [-0.2, -0.15) is 0 Å². The molecule has 1 fully saturated rings. The van der Waals surface area contributed by atoms with Crippen LogP contribution in [0.4, 0.5) is 5.69 Å². The number of nitrogens with one attached hydrogen (secondary N) is 1. The number of nitrogens with two attached hydrogens (primary N) is 1. The summed E-state index contributed by atoms with van der Waals surface area (Å²) in [6.45, 7) is 2.70. The molecular formula is C11H15ClN2O3S. The predicted octanol–water partition coefficient (Wildman–Crippen LogP) is 1.38. The van der Waals surface area contributed by atoms with E-state index in [0.717, 1.165) is 0 Å². The monoisotopic (exact) mass is 290 g/mol. The zero-order valence-corrected chi connectivity index (χ0v) is 11.5. The van der Waals surface area contributed by atoms with Gasteiger partial charge in [0, 0.05) is 12.3 Å². The van der Waals surface area contributed by atoms with Crippen molar-refractivity contribution >= 4 is 27.3 Å². The molecule has 5 nitrogen and oxygen atoms in total. The number of hydrogen-bond acceptors (Lipinski definition) is 4. The second-order valence-corrected chi connectivity index (χ2v) is 6.72. The number of anilines is 1. The molecule has 7 heteroatoms. The van der Waals surface area contributed by atoms with Crippen LogP contribution >= 0.6 is 11.6 Å². The van der Waals surface area contributed by atoms with E-state index in [4.69, 9.17) is 22.1 Å². The summed E-state index contributed by atoms with van der Waals surface area (Å²) in [5.41, 5.74) is 5.35. The van der Waals surface area contributed by atoms with Crippen molar-refractivity contribution in [1.82, 2.24) is 4.72 Å². The molecule has 0 saturated carbocycles. The number of ether oxygens (including phenoxy) is 1. The smallest absolute Gasteiger partial charge is 0.242 e. The molecule has 0 spiro atoms. The van der Waals surface area contributed by atoms with Crippen LogP contribution in [0, 0.1) is 0 Å². The normalized spacial score (nSPS) is 24.3. The van der Waals surface area contributed by atoms with E-state index >= 15 is 0 Å². The molecule has 0 amide bonds. The molecule has 3 N–H and O–H groups in total. The fraction of sp³-hybridized carbons (Fsp3) is 0.455. The predicted molar refractivity (Wildman–Crippen MR) is 70.0 cm³/mol. The topological polar surface area (TPSA) is 81.4 Å². The zero-order valence-electron chi connectivity index (χ0n) is 9.94. The molecule has 1 atom stereocenters. The second-order valence-electron chi connectivity index (χ2n) is 4.66. The fourth-order valence-corrected chi connectivity index (χ4v) is 3.81. The Hall–Kier alpha value is -0.820. The molecule has 1 heterocycles. The molecule has 1 aromatic carbocycles. The summed E-state index contributed by atoms with van der Waals surface area (Å²) in [5.74, 6) is 0. The van der Waals surface area contributed by atoms with E-state index in [1.165, 1.54) is 12.1 Å². The maximum Gasteiger partial charge on any atom is 0.242 e. The summed E-state index contributed by atoms with van der Waals surface area (Å²) in [4.78, 5) is -0.00251. The summed E-state index contributed by atoms with van der Waals surface area (Å²) in [6, 6.07) is 4.38. The molecule has 0 aromatic heterocycles. The average molecular weight is 291 g/mol. The molecule has 1 aliphatic rings. The Morgan fingerprint density at radius 2 is 2.22 bits per heavy atom. The number of halogens is 1. The third-order valence-corrected chi connectivity index (χ3v) is 4.96. The Kier molecular flexibility index (Phi) is 3.55. The number of sulfonamides is 1. The molecule has 2 rings (SSSR count). The Balaban J connectivity index is 2.33. The van der Waals surface area contributed by atoms with Crippen LogP contribution in [-0.2, 0) is 14.8 Å². The summed E-state index contributed by atoms with van der Waals surface area (Å²) in [5, 5.41) is 0.152. The van der Waals surface area contributed by atoms with Gasteiger partial charge >= 0.3 is 0 Å². The Morgan fingerprint density at radius 3 is 2.83 bits per heavy atom. The Morgan fingerprint density at radius 1 is 1.50 bits per heavy atom. The number of benzene rings is 1. The molecule has 1 saturated heterocycles. The van der Waals surface area contributed by atoms with E-state index in [1.807, 2.05) is 0 Å². The van der Waals surface area contributed by atoms with Crippen molar-refractivity contribution in [3.63, 3.8) is 0 Å². The molecule has 0 aliphatic carbocycles. The lowest BCUT2D eigenvalue weighted by molar-refractivity contribution is 0.178. The molecule has 18 heavy (non-hydrogen) atoms. The first kappa shape index (κ1) is 13.6. The summed E-state index contributed by atoms with van der Waals surface area (Å²) >= 11 is 5.91. The third kappa shape index (κ3) is 2.77. The van der Waals surface area contributed by atoms with Gasteiger partial charge in [0.1, 0.15) is 4.90 Å². The van der Waals surface area contributed by atoms with Crippen molar-refractivity contribution in [2.24, 2.45) is 0 Å². The average Bonchev–Trinajstić information content (AvgIpc) is 2.67. The highest BCUT2D eigenvalue weighted by atomic mass is 35.5. The number of nitrogen functional groups attached to an aromatic ring is 1. The minimum atomic E-state index is -3.70. The van der Waals surface area contributed by atoms with Crippen molar-refractivity contribution in [2.75, 3.05) is 18.9 Å². The molecule has 1 aromatic rings. The number of hydrogen-bond donors (Lipinski definition) is 2. The SMILES string of the molecule is CC1(NS(=O)(=O)c2cc(N)ccc2Cl)CCOC1. The van der Waals surface area contributed by atoms with Crippen LogP contribution in [0.2, 0.25) is 5.02 Å². The van der Waals surface area contributed by atoms with E-state index in [9.17, 15) is 8.42 Å². The minimum absolute atomic E-state index is 0.00251. The molecule has 0 radical (unpaired) electrons. The van der Waals surface area contributed by atoms with Gasteiger partial charge in [0.05, 0.1) is 17.2 Å². The standard InChI is InChI=1S/C11H15ClN2O3S/c1-11(4-5-17-7-11)14-18(15,16)10-6-8(13)2-3-9(10)12/h2-3,6,14H,4-5,7,13H2,1H3. The fourth-order valence-electron chi connectivity index (χ4n) is 1.85. The number of rotatable bonds is 3. The maximum absolute atomic E-state index is 12.3. The molecule has 100 valence electrons. The van der Waals surface area contributed by atoms with Crippen molar-refractivity contribution in [3.8, 4) is 0 Å². The van der Waals surface area contributed by atoms with Crippen LogP contribution in [0.15, 0.2) is 23.1 Å². The van der Waals surface area contributed by atoms with Gasteiger partial charge in [-0.05, 0) is 31.5 Å². The van der Waals surface area contributed by atoms with Gasteiger partial charge in [-0.3, -0.25) is 0 Å². The van der Waals surface area contributed by atoms with Gasteiger partial charge < -0.3 is 10.5 Å². The first-order chi connectivity index (χ1) is 8.32.